The smallest absolute Gasteiger partial charge is 0.209 e. The van der Waals surface area contributed by atoms with Gasteiger partial charge < -0.3 is 9.80 Å². The highest BCUT2D eigenvalue weighted by atomic mass is 32.2. The Labute approximate surface area is 112 Å². The van der Waals surface area contributed by atoms with Crippen molar-refractivity contribution >= 4 is 22.9 Å². The lowest BCUT2D eigenvalue weighted by Gasteiger charge is -2.10. The van der Waals surface area contributed by atoms with Gasteiger partial charge in [-0.1, -0.05) is 0 Å². The molecular weight excluding hydrogens is 250 g/mol. The zero-order valence-electron chi connectivity index (χ0n) is 12.0. The van der Waals surface area contributed by atoms with Crippen molar-refractivity contribution < 1.29 is 9.00 Å². The van der Waals surface area contributed by atoms with Crippen molar-refractivity contribution in [1.82, 2.24) is 9.88 Å². The number of rotatable bonds is 2. The number of carbonyl (C=O) groups is 1. The van der Waals surface area contributed by atoms with Crippen molar-refractivity contribution in [3.05, 3.63) is 24.5 Å². The van der Waals surface area contributed by atoms with Crippen LogP contribution < -0.4 is 4.90 Å². The predicted molar refractivity (Wildman–Crippen MR) is 78.3 cm³/mol. The van der Waals surface area contributed by atoms with Gasteiger partial charge in [-0.05, 0) is 12.1 Å². The second-order valence-corrected chi connectivity index (χ2v) is 5.39. The monoisotopic (exact) mass is 273 g/mol. The van der Waals surface area contributed by atoms with Gasteiger partial charge in [-0.15, -0.1) is 0 Å². The molecule has 104 valence electrons. The van der Waals surface area contributed by atoms with Crippen LogP contribution in [0.5, 0.6) is 0 Å². The Kier molecular flexibility index (Phi) is 12.7. The second-order valence-electron chi connectivity index (χ2n) is 3.91. The molecule has 0 N–H and O–H groups in total. The van der Waals surface area contributed by atoms with E-state index in [2.05, 4.69) is 4.98 Å². The van der Waals surface area contributed by atoms with Gasteiger partial charge in [0.25, 0.3) is 0 Å². The Morgan fingerprint density at radius 2 is 1.44 bits per heavy atom. The molecule has 6 heteroatoms. The van der Waals surface area contributed by atoms with Crippen LogP contribution in [0.4, 0.5) is 5.69 Å². The standard InChI is InChI=1S/C7H10N2.C3H7NO.C2H6OS/c1-9(2)7-3-5-8-6-4-7;1-4(2)3-5;1-4(2)3/h3-6H,1-2H3;3H,1-2H3;1-2H3. The Morgan fingerprint density at radius 1 is 1.11 bits per heavy atom. The SMILES string of the molecule is CN(C)C=O.CN(C)c1ccncc1.CS(C)=O. The largest absolute Gasteiger partial charge is 0.378 e. The van der Waals surface area contributed by atoms with Crippen LogP contribution in [0.15, 0.2) is 24.5 Å². The van der Waals surface area contributed by atoms with Crippen molar-refractivity contribution in [2.24, 2.45) is 0 Å². The van der Waals surface area contributed by atoms with Gasteiger partial charge >= 0.3 is 0 Å². The topological polar surface area (TPSA) is 53.5 Å². The molecule has 5 nitrogen and oxygen atoms in total. The van der Waals surface area contributed by atoms with Crippen LogP contribution >= 0.6 is 0 Å². The number of aromatic nitrogens is 1. The molecule has 0 aliphatic heterocycles. The van der Waals surface area contributed by atoms with Crippen LogP contribution in [0.2, 0.25) is 0 Å². The van der Waals surface area contributed by atoms with Crippen molar-refractivity contribution in [3.63, 3.8) is 0 Å². The molecule has 0 aromatic carbocycles. The van der Waals surface area contributed by atoms with Crippen LogP contribution in [0.3, 0.4) is 0 Å². The normalized spacial score (nSPS) is 8.39. The van der Waals surface area contributed by atoms with Gasteiger partial charge in [-0.25, -0.2) is 0 Å². The van der Waals surface area contributed by atoms with Crippen LogP contribution in [0, 0.1) is 0 Å². The van der Waals surface area contributed by atoms with E-state index in [4.69, 9.17) is 0 Å². The molecule has 1 aromatic heterocycles. The zero-order valence-corrected chi connectivity index (χ0v) is 12.8. The van der Waals surface area contributed by atoms with Crippen molar-refractivity contribution in [1.29, 1.82) is 0 Å². The summed E-state index contributed by atoms with van der Waals surface area (Å²) in [5, 5.41) is 0. The zero-order chi connectivity index (χ0) is 14.6. The van der Waals surface area contributed by atoms with Crippen LogP contribution in [0.1, 0.15) is 0 Å². The average Bonchev–Trinajstić information content (AvgIpc) is 2.30. The van der Waals surface area contributed by atoms with E-state index < -0.39 is 10.8 Å². The van der Waals surface area contributed by atoms with Gasteiger partial charge in [-0.3, -0.25) is 14.0 Å². The van der Waals surface area contributed by atoms with E-state index in [0.29, 0.717) is 0 Å². The van der Waals surface area contributed by atoms with E-state index in [1.54, 1.807) is 39.0 Å². The Bertz CT molecular complexity index is 325. The van der Waals surface area contributed by atoms with Gasteiger partial charge in [0.1, 0.15) is 0 Å². The van der Waals surface area contributed by atoms with Gasteiger partial charge in [0, 0.05) is 69.6 Å². The Balaban J connectivity index is 0. The molecule has 0 spiro atoms. The maximum atomic E-state index is 9.56. The maximum Gasteiger partial charge on any atom is 0.209 e. The molecule has 0 bridgehead atoms. The fourth-order valence-corrected chi connectivity index (χ4v) is 0.642. The summed E-state index contributed by atoms with van der Waals surface area (Å²) in [6.07, 6.45) is 7.60. The van der Waals surface area contributed by atoms with Crippen LogP contribution in [-0.4, -0.2) is 61.2 Å². The van der Waals surface area contributed by atoms with Gasteiger partial charge in [0.05, 0.1) is 0 Å². The van der Waals surface area contributed by atoms with Crippen molar-refractivity contribution in [2.45, 2.75) is 0 Å². The lowest BCUT2D eigenvalue weighted by molar-refractivity contribution is -0.115. The summed E-state index contributed by atoms with van der Waals surface area (Å²) in [6, 6.07) is 3.94. The molecule has 1 heterocycles. The summed E-state index contributed by atoms with van der Waals surface area (Å²) in [5.74, 6) is 0. The Hall–Kier alpha value is -1.43. The molecule has 0 fully saturated rings. The third-order valence-electron chi connectivity index (χ3n) is 1.39. The number of pyridine rings is 1. The first kappa shape index (κ1) is 18.9. The summed E-state index contributed by atoms with van der Waals surface area (Å²) >= 11 is 0. The number of hydrogen-bond donors (Lipinski definition) is 0. The first-order valence-electron chi connectivity index (χ1n) is 5.25. The lowest BCUT2D eigenvalue weighted by atomic mass is 10.4. The minimum atomic E-state index is -0.611. The lowest BCUT2D eigenvalue weighted by Crippen LogP contribution is -2.07. The molecule has 1 rings (SSSR count). The van der Waals surface area contributed by atoms with E-state index in [0.717, 1.165) is 6.41 Å². The summed E-state index contributed by atoms with van der Waals surface area (Å²) in [6.45, 7) is 0. The highest BCUT2D eigenvalue weighted by molar-refractivity contribution is 7.83. The average molecular weight is 273 g/mol. The third-order valence-corrected chi connectivity index (χ3v) is 1.39. The first-order valence-corrected chi connectivity index (χ1v) is 7.22. The molecule has 1 amide bonds. The molecule has 18 heavy (non-hydrogen) atoms. The molecule has 0 radical (unpaired) electrons. The molecule has 0 aliphatic carbocycles. The molecule has 0 atom stereocenters. The van der Waals surface area contributed by atoms with Gasteiger partial charge in [0.2, 0.25) is 6.41 Å². The van der Waals surface area contributed by atoms with E-state index in [1.165, 1.54) is 10.6 Å². The minimum absolute atomic E-state index is 0.611. The van der Waals surface area contributed by atoms with E-state index in [1.807, 2.05) is 31.1 Å². The van der Waals surface area contributed by atoms with E-state index >= 15 is 0 Å². The number of nitrogens with zero attached hydrogens (tertiary/aromatic N) is 3. The second kappa shape index (κ2) is 12.0. The number of amides is 1. The molecule has 0 unspecified atom stereocenters. The predicted octanol–water partition coefficient (Wildman–Crippen LogP) is 0.847. The summed E-state index contributed by atoms with van der Waals surface area (Å²) < 4.78 is 9.56. The van der Waals surface area contributed by atoms with Gasteiger partial charge in [-0.2, -0.15) is 0 Å². The van der Waals surface area contributed by atoms with Gasteiger partial charge in [0.15, 0.2) is 0 Å². The number of carbonyl (C=O) groups excluding carboxylic acids is 1. The molecule has 0 saturated carbocycles. The molecule has 0 saturated heterocycles. The molecule has 0 aliphatic rings. The Morgan fingerprint density at radius 3 is 1.61 bits per heavy atom. The van der Waals surface area contributed by atoms with E-state index in [-0.39, 0.29) is 0 Å². The van der Waals surface area contributed by atoms with Crippen molar-refractivity contribution in [2.75, 3.05) is 45.6 Å². The molecule has 1 aromatic rings. The third kappa shape index (κ3) is 17.0. The maximum absolute atomic E-state index is 9.56. The highest BCUT2D eigenvalue weighted by Gasteiger charge is 1.88. The fourth-order valence-electron chi connectivity index (χ4n) is 0.642. The number of hydrogen-bond acceptors (Lipinski definition) is 4. The fraction of sp³-hybridized carbons (Fsp3) is 0.500. The molecular formula is C12H23N3O2S. The summed E-state index contributed by atoms with van der Waals surface area (Å²) in [5.41, 5.74) is 1.19. The highest BCUT2D eigenvalue weighted by Crippen LogP contribution is 2.05. The number of anilines is 1. The van der Waals surface area contributed by atoms with Crippen LogP contribution in [-0.2, 0) is 15.6 Å². The minimum Gasteiger partial charge on any atom is -0.378 e. The van der Waals surface area contributed by atoms with Crippen LogP contribution in [0.25, 0.3) is 0 Å². The van der Waals surface area contributed by atoms with Crippen molar-refractivity contribution in [3.8, 4) is 0 Å². The summed E-state index contributed by atoms with van der Waals surface area (Å²) in [7, 11) is 6.78. The quantitative estimate of drug-likeness (QED) is 0.750. The van der Waals surface area contributed by atoms with E-state index in [9.17, 15) is 9.00 Å². The first-order chi connectivity index (χ1) is 8.31. The summed E-state index contributed by atoms with van der Waals surface area (Å²) in [4.78, 5) is 16.8.